The maximum absolute atomic E-state index is 12.9. The Kier molecular flexibility index (Phi) is 65.3. The van der Waals surface area contributed by atoms with Crippen molar-refractivity contribution in [2.24, 2.45) is 0 Å². The predicted molar refractivity (Wildman–Crippen MR) is 367 cm³/mol. The van der Waals surface area contributed by atoms with E-state index in [1.807, 2.05) is 21.1 Å². The molecule has 0 aromatic carbocycles. The lowest BCUT2D eigenvalue weighted by atomic mass is 10.0. The van der Waals surface area contributed by atoms with Gasteiger partial charge < -0.3 is 18.9 Å². The van der Waals surface area contributed by atoms with Gasteiger partial charge in [0.2, 0.25) is 0 Å². The summed E-state index contributed by atoms with van der Waals surface area (Å²) in [6.45, 7) is 4.50. The fraction of sp³-hybridized carbons (Fsp3) is 0.893. The summed E-state index contributed by atoms with van der Waals surface area (Å²) in [7, 11) is 1.50. The highest BCUT2D eigenvalue weighted by Crippen LogP contribution is 2.43. The van der Waals surface area contributed by atoms with Crippen LogP contribution in [0.4, 0.5) is 0 Å². The van der Waals surface area contributed by atoms with Gasteiger partial charge in [-0.3, -0.25) is 18.6 Å². The van der Waals surface area contributed by atoms with Gasteiger partial charge in [0.1, 0.15) is 19.8 Å². The molecule has 0 amide bonds. The van der Waals surface area contributed by atoms with Crippen LogP contribution in [-0.2, 0) is 32.7 Å². The molecule has 0 spiro atoms. The maximum atomic E-state index is 12.9. The van der Waals surface area contributed by atoms with Gasteiger partial charge in [0.15, 0.2) is 6.10 Å². The van der Waals surface area contributed by atoms with Gasteiger partial charge in [-0.25, -0.2) is 4.57 Å². The smallest absolute Gasteiger partial charge is 0.462 e. The van der Waals surface area contributed by atoms with Gasteiger partial charge in [0, 0.05) is 12.8 Å². The van der Waals surface area contributed by atoms with E-state index in [0.717, 1.165) is 51.4 Å². The van der Waals surface area contributed by atoms with E-state index in [-0.39, 0.29) is 25.6 Å². The molecular formula is C75H145NO8P+. The molecule has 0 radical (unpaired) electrons. The van der Waals surface area contributed by atoms with Crippen LogP contribution in [0.2, 0.25) is 0 Å². The number of carbonyl (C=O) groups excluding carboxylic acids is 2. The molecule has 0 aromatic heterocycles. The molecule has 0 heterocycles. The number of quaternary nitrogens is 1. The largest absolute Gasteiger partial charge is 0.472 e. The van der Waals surface area contributed by atoms with Gasteiger partial charge in [0.25, 0.3) is 0 Å². The topological polar surface area (TPSA) is 108 Å². The normalized spacial score (nSPS) is 13.2. The molecule has 0 aliphatic carbocycles. The molecule has 0 rings (SSSR count). The van der Waals surface area contributed by atoms with Crippen LogP contribution in [0.5, 0.6) is 0 Å². The van der Waals surface area contributed by atoms with E-state index in [1.54, 1.807) is 0 Å². The van der Waals surface area contributed by atoms with Crippen LogP contribution in [0.1, 0.15) is 380 Å². The molecule has 85 heavy (non-hydrogen) atoms. The number of phosphoric acid groups is 1. The van der Waals surface area contributed by atoms with Crippen molar-refractivity contribution in [1.29, 1.82) is 0 Å². The van der Waals surface area contributed by atoms with Gasteiger partial charge in [-0.05, 0) is 51.4 Å². The lowest BCUT2D eigenvalue weighted by Crippen LogP contribution is -2.37. The van der Waals surface area contributed by atoms with Crippen LogP contribution in [0.15, 0.2) is 36.5 Å². The number of ether oxygens (including phenoxy) is 2. The Morgan fingerprint density at radius 1 is 0.365 bits per heavy atom. The third-order valence-electron chi connectivity index (χ3n) is 16.9. The minimum Gasteiger partial charge on any atom is -0.462 e. The summed E-state index contributed by atoms with van der Waals surface area (Å²) in [4.78, 5) is 35.9. The molecule has 0 fully saturated rings. The molecule has 0 aliphatic rings. The van der Waals surface area contributed by atoms with E-state index in [2.05, 4.69) is 50.3 Å². The van der Waals surface area contributed by atoms with Crippen molar-refractivity contribution in [3.63, 3.8) is 0 Å². The zero-order valence-corrected chi connectivity index (χ0v) is 58.3. The summed E-state index contributed by atoms with van der Waals surface area (Å²) >= 11 is 0. The van der Waals surface area contributed by atoms with Crippen LogP contribution >= 0.6 is 7.82 Å². The predicted octanol–water partition coefficient (Wildman–Crippen LogP) is 24.2. The fourth-order valence-corrected chi connectivity index (χ4v) is 11.9. The Morgan fingerprint density at radius 2 is 0.635 bits per heavy atom. The van der Waals surface area contributed by atoms with Crippen LogP contribution in [-0.4, -0.2) is 74.9 Å². The molecule has 0 aliphatic heterocycles. The molecule has 10 heteroatoms. The van der Waals surface area contributed by atoms with E-state index >= 15 is 0 Å². The monoisotopic (exact) mass is 1220 g/mol. The van der Waals surface area contributed by atoms with E-state index in [1.165, 1.54) is 302 Å². The first-order chi connectivity index (χ1) is 41.5. The van der Waals surface area contributed by atoms with Gasteiger partial charge in [-0.1, -0.05) is 352 Å². The number of hydrogen-bond acceptors (Lipinski definition) is 7. The molecule has 9 nitrogen and oxygen atoms in total. The van der Waals surface area contributed by atoms with E-state index in [9.17, 15) is 19.0 Å². The van der Waals surface area contributed by atoms with E-state index in [0.29, 0.717) is 17.4 Å². The highest BCUT2D eigenvalue weighted by Gasteiger charge is 2.27. The Bertz CT molecular complexity index is 1530. The number of unbranched alkanes of at least 4 members (excludes halogenated alkanes) is 50. The lowest BCUT2D eigenvalue weighted by Gasteiger charge is -2.24. The average molecular weight is 1220 g/mol. The molecule has 0 saturated heterocycles. The summed E-state index contributed by atoms with van der Waals surface area (Å²) in [5, 5.41) is 0. The number of hydrogen-bond donors (Lipinski definition) is 1. The minimum absolute atomic E-state index is 0.0358. The number of allylic oxidation sites excluding steroid dienone is 6. The van der Waals surface area contributed by atoms with Crippen molar-refractivity contribution in [3.8, 4) is 0 Å². The molecule has 0 bridgehead atoms. The average Bonchev–Trinajstić information content (AvgIpc) is 3.51. The van der Waals surface area contributed by atoms with Crippen molar-refractivity contribution in [3.05, 3.63) is 36.5 Å². The van der Waals surface area contributed by atoms with E-state index in [4.69, 9.17) is 18.5 Å². The number of rotatable bonds is 70. The third kappa shape index (κ3) is 71.2. The molecule has 2 atom stereocenters. The van der Waals surface area contributed by atoms with Crippen LogP contribution < -0.4 is 0 Å². The minimum atomic E-state index is -4.39. The molecule has 1 N–H and O–H groups in total. The third-order valence-corrected chi connectivity index (χ3v) is 17.9. The summed E-state index contributed by atoms with van der Waals surface area (Å²) in [5.41, 5.74) is 0. The SMILES string of the molecule is CCCCCCC/C=C\C/C=C\C/C=C\CCCCCCCCCCCCCCCCCCCCCCCCCCCCC(=O)OC(COC(=O)CCCCCCCCCCCCCCCCCCCCCC)COP(=O)(O)OCC[N+](C)(C)C. The van der Waals surface area contributed by atoms with Gasteiger partial charge in [-0.15, -0.1) is 0 Å². The van der Waals surface area contributed by atoms with Crippen LogP contribution in [0, 0.1) is 0 Å². The van der Waals surface area contributed by atoms with Crippen molar-refractivity contribution in [2.75, 3.05) is 47.5 Å². The summed E-state index contributed by atoms with van der Waals surface area (Å²) in [6, 6.07) is 0. The lowest BCUT2D eigenvalue weighted by molar-refractivity contribution is -0.870. The molecule has 0 saturated carbocycles. The Labute approximate surface area is 529 Å². The van der Waals surface area contributed by atoms with Crippen molar-refractivity contribution in [2.45, 2.75) is 386 Å². The molecule has 0 aromatic rings. The Hall–Kier alpha value is -1.77. The Balaban J connectivity index is 3.87. The second-order valence-corrected chi connectivity index (χ2v) is 28.1. The van der Waals surface area contributed by atoms with Crippen LogP contribution in [0.25, 0.3) is 0 Å². The first-order valence-corrected chi connectivity index (χ1v) is 38.7. The van der Waals surface area contributed by atoms with Gasteiger partial charge in [0.05, 0.1) is 27.7 Å². The quantitative estimate of drug-likeness (QED) is 0.0211. The highest BCUT2D eigenvalue weighted by molar-refractivity contribution is 7.47. The number of carbonyl (C=O) groups is 2. The van der Waals surface area contributed by atoms with Crippen molar-refractivity contribution >= 4 is 19.8 Å². The molecular weight excluding hydrogens is 1070 g/mol. The maximum Gasteiger partial charge on any atom is 0.472 e. The standard InChI is InChI=1S/C75H144NO8P/c1-6-8-10-12-14-16-18-20-22-24-26-28-29-30-31-32-33-34-35-36-37-38-39-40-41-42-43-44-45-46-47-48-50-52-54-56-58-60-62-64-66-68-75(78)84-73(72-83-85(79,80)82-70-69-76(3,4)5)71-81-74(77)67-65-63-61-59-57-55-53-51-49-27-25-23-21-19-17-15-13-11-9-7-2/h18,20,24,26,29-30,73H,6-17,19,21-23,25,27-28,31-72H2,1-5H3/p+1/b20-18-,26-24-,30-29-. The zero-order chi connectivity index (χ0) is 61.9. The number of likely N-dealkylation sites (N-methyl/N-ethyl adjacent to an activating group) is 1. The summed E-state index contributed by atoms with van der Waals surface area (Å²) in [6.07, 6.45) is 85.6. The second-order valence-electron chi connectivity index (χ2n) is 26.7. The number of esters is 2. The zero-order valence-electron chi connectivity index (χ0n) is 57.4. The van der Waals surface area contributed by atoms with Gasteiger partial charge in [-0.2, -0.15) is 0 Å². The molecule has 502 valence electrons. The van der Waals surface area contributed by atoms with Crippen molar-refractivity contribution in [1.82, 2.24) is 0 Å². The van der Waals surface area contributed by atoms with Gasteiger partial charge >= 0.3 is 19.8 Å². The summed E-state index contributed by atoms with van der Waals surface area (Å²) < 4.78 is 34.7. The molecule has 2 unspecified atom stereocenters. The Morgan fingerprint density at radius 3 is 0.941 bits per heavy atom. The van der Waals surface area contributed by atoms with Crippen LogP contribution in [0.3, 0.4) is 0 Å². The van der Waals surface area contributed by atoms with Crippen molar-refractivity contribution < 1.29 is 42.1 Å². The first-order valence-electron chi connectivity index (χ1n) is 37.2. The van der Waals surface area contributed by atoms with E-state index < -0.39 is 26.5 Å². The first kappa shape index (κ1) is 83.2. The number of phosphoric ester groups is 1. The number of nitrogens with zero attached hydrogens (tertiary/aromatic N) is 1. The summed E-state index contributed by atoms with van der Waals surface area (Å²) in [5.74, 6) is -0.772. The highest BCUT2D eigenvalue weighted by atomic mass is 31.2. The second kappa shape index (κ2) is 66.6. The fourth-order valence-electron chi connectivity index (χ4n) is 11.2.